The van der Waals surface area contributed by atoms with Crippen molar-refractivity contribution in [1.29, 1.82) is 0 Å². The van der Waals surface area contributed by atoms with Gasteiger partial charge < -0.3 is 0 Å². The molecule has 7 radical (unpaired) electrons. The molecule has 3 heteroatoms. The van der Waals surface area contributed by atoms with Crippen LogP contribution in [0.2, 0.25) is 0 Å². The van der Waals surface area contributed by atoms with E-state index in [4.69, 9.17) is 0 Å². The molecule has 0 aromatic carbocycles. The van der Waals surface area contributed by atoms with Crippen molar-refractivity contribution in [3.63, 3.8) is 0 Å². The molecule has 0 atom stereocenters. The van der Waals surface area contributed by atoms with Crippen LogP contribution in [0.5, 0.6) is 0 Å². The molecule has 0 aliphatic carbocycles. The van der Waals surface area contributed by atoms with E-state index in [-0.39, 0.29) is 33.4 Å². The van der Waals surface area contributed by atoms with Crippen LogP contribution in [0.1, 0.15) is 0 Å². The van der Waals surface area contributed by atoms with Crippen molar-refractivity contribution in [2.24, 2.45) is 0 Å². The molecule has 0 spiro atoms. The largest absolute Gasteiger partial charge is 0.265 e. The summed E-state index contributed by atoms with van der Waals surface area (Å²) >= 11 is 0. The summed E-state index contributed by atoms with van der Waals surface area (Å²) in [5, 5.41) is 0. The third kappa shape index (κ3) is 4.20. The van der Waals surface area contributed by atoms with Crippen LogP contribution in [-0.4, -0.2) is 32.3 Å². The van der Waals surface area contributed by atoms with Gasteiger partial charge in [0.05, 0.1) is 0 Å². The van der Waals surface area contributed by atoms with Gasteiger partial charge in [-0.3, -0.25) is 4.98 Å². The van der Waals surface area contributed by atoms with Crippen LogP contribution in [0.4, 0.5) is 0 Å². The molecule has 0 saturated heterocycles. The molecule has 0 amide bonds. The van der Waals surface area contributed by atoms with Crippen LogP contribution in [0, 0.1) is 0 Å². The van der Waals surface area contributed by atoms with E-state index in [9.17, 15) is 0 Å². The van der Waals surface area contributed by atoms with Crippen LogP contribution < -0.4 is 6.15 Å². The predicted octanol–water partition coefficient (Wildman–Crippen LogP) is 0.220. The maximum Gasteiger partial charge on any atom is 0.0267 e. The van der Waals surface area contributed by atoms with E-state index in [1.165, 1.54) is 0 Å². The Morgan fingerprint density at radius 2 is 1.38 bits per heavy atom. The summed E-state index contributed by atoms with van der Waals surface area (Å²) in [5.41, 5.74) is 0. The van der Waals surface area contributed by atoms with Gasteiger partial charge in [0.1, 0.15) is 0 Å². The summed E-state index contributed by atoms with van der Waals surface area (Å²) in [6, 6.07) is 5.72. The molecule has 1 rings (SSSR count). The Labute approximate surface area is 69.1 Å². The van der Waals surface area contributed by atoms with E-state index >= 15 is 0 Å². The van der Waals surface area contributed by atoms with E-state index in [0.717, 1.165) is 0 Å². The first-order chi connectivity index (χ1) is 3.00. The molecule has 0 N–H and O–H groups in total. The summed E-state index contributed by atoms with van der Waals surface area (Å²) in [5.74, 6) is 0. The summed E-state index contributed by atoms with van der Waals surface area (Å²) in [7, 11) is 0. The van der Waals surface area contributed by atoms with E-state index in [1.54, 1.807) is 12.4 Å². The minimum absolute atomic E-state index is 0. The minimum atomic E-state index is 0. The summed E-state index contributed by atoms with van der Waals surface area (Å²) < 4.78 is 0. The number of rotatable bonds is 0. The average molecular weight is 300 g/mol. The average Bonchev–Trinajstić information content (AvgIpc) is 1.72. The third-order valence-electron chi connectivity index (χ3n) is 0.566. The van der Waals surface area contributed by atoms with Gasteiger partial charge in [0.2, 0.25) is 0 Å². The second kappa shape index (κ2) is 7.03. The molecule has 0 unspecified atom stereocenters. The molecular formula is C5H5N2Pb. The van der Waals surface area contributed by atoms with Crippen LogP contribution in [0.3, 0.4) is 0 Å². The first-order valence-corrected chi connectivity index (χ1v) is 1.85. The van der Waals surface area contributed by atoms with Crippen molar-refractivity contribution in [1.82, 2.24) is 11.1 Å². The quantitative estimate of drug-likeness (QED) is 0.632. The van der Waals surface area contributed by atoms with Crippen molar-refractivity contribution in [3.05, 3.63) is 30.6 Å². The standard InChI is InChI=1S/C5H5N.N.Pb/c1-2-4-6-5-3-1;;/h1-5H;;. The first kappa shape index (κ1) is 10.9. The van der Waals surface area contributed by atoms with Gasteiger partial charge in [-0.05, 0) is 12.1 Å². The fraction of sp³-hybridized carbons (Fsp3) is 0. The molecule has 0 fully saturated rings. The van der Waals surface area contributed by atoms with E-state index in [2.05, 4.69) is 4.98 Å². The fourth-order valence-electron chi connectivity index (χ4n) is 0.313. The van der Waals surface area contributed by atoms with Crippen LogP contribution in [-0.2, 0) is 0 Å². The predicted molar refractivity (Wildman–Crippen MR) is 32.1 cm³/mol. The van der Waals surface area contributed by atoms with Crippen molar-refractivity contribution in [2.75, 3.05) is 0 Å². The van der Waals surface area contributed by atoms with Crippen LogP contribution in [0.25, 0.3) is 0 Å². The van der Waals surface area contributed by atoms with E-state index < -0.39 is 0 Å². The van der Waals surface area contributed by atoms with Gasteiger partial charge in [0, 0.05) is 45.8 Å². The summed E-state index contributed by atoms with van der Waals surface area (Å²) in [6.07, 6.45) is 3.50. The van der Waals surface area contributed by atoms with Gasteiger partial charge in [-0.2, -0.15) is 0 Å². The number of hydrogen-bond acceptors (Lipinski definition) is 1. The van der Waals surface area contributed by atoms with Crippen molar-refractivity contribution in [3.8, 4) is 0 Å². The first-order valence-electron chi connectivity index (χ1n) is 1.85. The molecule has 1 heterocycles. The zero-order valence-electron chi connectivity index (χ0n) is 4.28. The molecule has 0 saturated carbocycles. The molecule has 8 heavy (non-hydrogen) atoms. The van der Waals surface area contributed by atoms with Gasteiger partial charge in [-0.25, -0.2) is 0 Å². The molecule has 0 aliphatic heterocycles. The number of aromatic nitrogens is 1. The SMILES string of the molecule is [N].[Pb].c1ccncc1. The number of hydrogen-bond donors (Lipinski definition) is 0. The maximum absolute atomic E-state index is 3.78. The van der Waals surface area contributed by atoms with Gasteiger partial charge in [-0.1, -0.05) is 6.07 Å². The fourth-order valence-corrected chi connectivity index (χ4v) is 0.313. The summed E-state index contributed by atoms with van der Waals surface area (Å²) in [4.78, 5) is 3.78. The smallest absolute Gasteiger partial charge is 0.0267 e. The molecule has 1 aromatic heterocycles. The molecular weight excluding hydrogens is 295 g/mol. The Hall–Kier alpha value is 0.0321. The Morgan fingerprint density at radius 3 is 1.50 bits per heavy atom. The maximum atomic E-state index is 3.78. The van der Waals surface area contributed by atoms with Gasteiger partial charge in [0.25, 0.3) is 0 Å². The zero-order valence-corrected chi connectivity index (χ0v) is 8.17. The van der Waals surface area contributed by atoms with Crippen LogP contribution in [0.15, 0.2) is 30.6 Å². The second-order valence-corrected chi connectivity index (χ2v) is 1.02. The topological polar surface area (TPSA) is 43.4 Å². The Bertz CT molecular complexity index is 82.4. The molecule has 0 aliphatic rings. The molecule has 39 valence electrons. The monoisotopic (exact) mass is 301 g/mol. The minimum Gasteiger partial charge on any atom is -0.265 e. The van der Waals surface area contributed by atoms with Gasteiger partial charge >= 0.3 is 0 Å². The van der Waals surface area contributed by atoms with Crippen LogP contribution >= 0.6 is 0 Å². The van der Waals surface area contributed by atoms with Crippen molar-refractivity contribution < 1.29 is 0 Å². The number of pyridine rings is 1. The molecule has 2 nitrogen and oxygen atoms in total. The Morgan fingerprint density at radius 1 is 0.875 bits per heavy atom. The third-order valence-corrected chi connectivity index (χ3v) is 0.566. The van der Waals surface area contributed by atoms with Crippen molar-refractivity contribution >= 4 is 27.3 Å². The van der Waals surface area contributed by atoms with Crippen molar-refractivity contribution in [2.45, 2.75) is 0 Å². The normalized spacial score (nSPS) is 6.00. The van der Waals surface area contributed by atoms with E-state index in [0.29, 0.717) is 0 Å². The summed E-state index contributed by atoms with van der Waals surface area (Å²) in [6.45, 7) is 0. The Kier molecular flexibility index (Phi) is 9.60. The molecule has 0 bridgehead atoms. The van der Waals surface area contributed by atoms with Gasteiger partial charge in [0.15, 0.2) is 0 Å². The molecule has 1 aromatic rings. The second-order valence-electron chi connectivity index (χ2n) is 1.02. The van der Waals surface area contributed by atoms with E-state index in [1.807, 2.05) is 18.2 Å². The number of nitrogens with zero attached hydrogens (tertiary/aromatic N) is 2. The zero-order chi connectivity index (χ0) is 4.24. The van der Waals surface area contributed by atoms with Gasteiger partial charge in [-0.15, -0.1) is 0 Å². The Balaban J connectivity index is 0.